The zero-order valence-corrected chi connectivity index (χ0v) is 12.1. The lowest BCUT2D eigenvalue weighted by Gasteiger charge is -2.25. The Kier molecular flexibility index (Phi) is 3.65. The third-order valence-corrected chi connectivity index (χ3v) is 4.94. The number of sulfone groups is 1. The molecule has 2 rings (SSSR count). The highest BCUT2D eigenvalue weighted by atomic mass is 32.2. The number of H-pyrrole nitrogens is 1. The minimum atomic E-state index is -3.04. The average molecular weight is 319 g/mol. The van der Waals surface area contributed by atoms with Crippen molar-refractivity contribution in [1.82, 2.24) is 20.5 Å². The standard InChI is InChI=1S/C9H13N5O4S2/c1-9(2-3-20(17,18)4-9)12-8(19)11-7-10-5(6(15)16)13-14-7/h2-4H2,1H3,(H,15,16)(H3,10,11,12,13,14,19). The van der Waals surface area contributed by atoms with Crippen LogP contribution in [0.15, 0.2) is 0 Å². The van der Waals surface area contributed by atoms with E-state index in [0.29, 0.717) is 6.42 Å². The van der Waals surface area contributed by atoms with E-state index < -0.39 is 21.3 Å². The van der Waals surface area contributed by atoms with Gasteiger partial charge in [-0.1, -0.05) is 0 Å². The van der Waals surface area contributed by atoms with E-state index in [2.05, 4.69) is 25.8 Å². The first-order valence-corrected chi connectivity index (χ1v) is 7.87. The fraction of sp³-hybridized carbons (Fsp3) is 0.556. The zero-order chi connectivity index (χ0) is 15.0. The van der Waals surface area contributed by atoms with Crippen LogP contribution in [0.2, 0.25) is 0 Å². The van der Waals surface area contributed by atoms with Gasteiger partial charge in [-0.25, -0.2) is 13.2 Å². The van der Waals surface area contributed by atoms with Gasteiger partial charge in [-0.2, -0.15) is 4.98 Å². The van der Waals surface area contributed by atoms with Crippen molar-refractivity contribution in [2.45, 2.75) is 18.9 Å². The molecule has 0 amide bonds. The van der Waals surface area contributed by atoms with E-state index in [1.54, 1.807) is 6.92 Å². The minimum absolute atomic E-state index is 0.00378. The number of carboxylic acid groups (broad SMARTS) is 1. The molecule has 0 bridgehead atoms. The number of thiocarbonyl (C=S) groups is 1. The molecule has 0 spiro atoms. The Labute approximate surface area is 120 Å². The molecular weight excluding hydrogens is 306 g/mol. The highest BCUT2D eigenvalue weighted by Gasteiger charge is 2.38. The molecule has 1 aliphatic heterocycles. The fourth-order valence-electron chi connectivity index (χ4n) is 1.93. The van der Waals surface area contributed by atoms with Crippen molar-refractivity contribution < 1.29 is 18.3 Å². The molecule has 4 N–H and O–H groups in total. The molecule has 20 heavy (non-hydrogen) atoms. The summed E-state index contributed by atoms with van der Waals surface area (Å²) < 4.78 is 22.9. The Hall–Kier alpha value is -1.75. The van der Waals surface area contributed by atoms with E-state index in [0.717, 1.165) is 0 Å². The molecule has 1 saturated heterocycles. The lowest BCUT2D eigenvalue weighted by atomic mass is 10.0. The Morgan fingerprint density at radius 1 is 1.55 bits per heavy atom. The summed E-state index contributed by atoms with van der Waals surface area (Å²) in [6, 6.07) is 0. The Morgan fingerprint density at radius 2 is 2.25 bits per heavy atom. The molecule has 0 saturated carbocycles. The van der Waals surface area contributed by atoms with Crippen molar-refractivity contribution in [3.05, 3.63) is 5.82 Å². The van der Waals surface area contributed by atoms with Crippen LogP contribution < -0.4 is 10.6 Å². The first-order chi connectivity index (χ1) is 9.19. The third kappa shape index (κ3) is 3.42. The van der Waals surface area contributed by atoms with Crippen molar-refractivity contribution in [3.63, 3.8) is 0 Å². The molecule has 11 heteroatoms. The second-order valence-corrected chi connectivity index (χ2v) is 7.39. The predicted molar refractivity (Wildman–Crippen MR) is 74.4 cm³/mol. The Morgan fingerprint density at radius 3 is 2.75 bits per heavy atom. The van der Waals surface area contributed by atoms with Gasteiger partial charge >= 0.3 is 5.97 Å². The molecule has 0 radical (unpaired) electrons. The maximum atomic E-state index is 11.5. The van der Waals surface area contributed by atoms with E-state index >= 15 is 0 Å². The number of hydrogen-bond acceptors (Lipinski definition) is 6. The monoisotopic (exact) mass is 319 g/mol. The van der Waals surface area contributed by atoms with E-state index in [9.17, 15) is 13.2 Å². The van der Waals surface area contributed by atoms with Gasteiger partial charge in [0.1, 0.15) is 0 Å². The van der Waals surface area contributed by atoms with Crippen LogP contribution in [0.5, 0.6) is 0 Å². The van der Waals surface area contributed by atoms with Gasteiger partial charge in [0.2, 0.25) is 11.8 Å². The molecule has 0 aromatic carbocycles. The Bertz CT molecular complexity index is 655. The SMILES string of the molecule is CC1(NC(=S)Nc2n[nH]c(C(=O)O)n2)CCS(=O)(=O)C1. The normalized spacial score (nSPS) is 24.2. The zero-order valence-electron chi connectivity index (χ0n) is 10.5. The highest BCUT2D eigenvalue weighted by molar-refractivity contribution is 7.91. The highest BCUT2D eigenvalue weighted by Crippen LogP contribution is 2.22. The number of nitrogens with one attached hydrogen (secondary N) is 3. The summed E-state index contributed by atoms with van der Waals surface area (Å²) in [6.45, 7) is 1.76. The maximum absolute atomic E-state index is 11.5. The van der Waals surface area contributed by atoms with Crippen LogP contribution in [-0.2, 0) is 9.84 Å². The molecule has 1 fully saturated rings. The quantitative estimate of drug-likeness (QED) is 0.536. The van der Waals surface area contributed by atoms with Crippen LogP contribution in [0.3, 0.4) is 0 Å². The number of carbonyl (C=O) groups is 1. The van der Waals surface area contributed by atoms with Gasteiger partial charge in [0.05, 0.1) is 17.0 Å². The van der Waals surface area contributed by atoms with Crippen LogP contribution >= 0.6 is 12.2 Å². The van der Waals surface area contributed by atoms with Crippen molar-refractivity contribution in [1.29, 1.82) is 0 Å². The molecule has 110 valence electrons. The summed E-state index contributed by atoms with van der Waals surface area (Å²) in [7, 11) is -3.04. The van der Waals surface area contributed by atoms with Gasteiger partial charge in [0, 0.05) is 0 Å². The molecule has 2 heterocycles. The predicted octanol–water partition coefficient (Wildman–Crippen LogP) is -0.634. The molecule has 1 unspecified atom stereocenters. The molecule has 0 aliphatic carbocycles. The lowest BCUT2D eigenvalue weighted by molar-refractivity contribution is 0.0684. The first kappa shape index (κ1) is 14.7. The summed E-state index contributed by atoms with van der Waals surface area (Å²) in [5, 5.41) is 20.2. The summed E-state index contributed by atoms with van der Waals surface area (Å²) >= 11 is 5.04. The molecule has 1 aromatic rings. The molecule has 1 atom stereocenters. The summed E-state index contributed by atoms with van der Waals surface area (Å²) in [5.41, 5.74) is -0.644. The second-order valence-electron chi connectivity index (χ2n) is 4.79. The molecule has 1 aliphatic rings. The van der Waals surface area contributed by atoms with Gasteiger partial charge in [0.25, 0.3) is 0 Å². The number of rotatable bonds is 3. The maximum Gasteiger partial charge on any atom is 0.373 e. The molecular formula is C9H13N5O4S2. The van der Waals surface area contributed by atoms with E-state index in [1.165, 1.54) is 0 Å². The second kappa shape index (κ2) is 4.98. The number of aromatic nitrogens is 3. The third-order valence-electron chi connectivity index (χ3n) is 2.83. The van der Waals surface area contributed by atoms with E-state index in [1.807, 2.05) is 0 Å². The smallest absolute Gasteiger partial charge is 0.373 e. The summed E-state index contributed by atoms with van der Waals surface area (Å²) in [6.07, 6.45) is 0.450. The number of carboxylic acids is 1. The van der Waals surface area contributed by atoms with Gasteiger partial charge in [-0.3, -0.25) is 10.4 Å². The minimum Gasteiger partial charge on any atom is -0.475 e. The molecule has 1 aromatic heterocycles. The first-order valence-electron chi connectivity index (χ1n) is 5.64. The van der Waals surface area contributed by atoms with Crippen LogP contribution in [-0.4, -0.2) is 56.8 Å². The number of anilines is 1. The van der Waals surface area contributed by atoms with Gasteiger partial charge < -0.3 is 10.4 Å². The van der Waals surface area contributed by atoms with E-state index in [4.69, 9.17) is 17.3 Å². The number of hydrogen-bond donors (Lipinski definition) is 4. The average Bonchev–Trinajstić information content (AvgIpc) is 2.83. The van der Waals surface area contributed by atoms with E-state index in [-0.39, 0.29) is 28.4 Å². The number of aromatic carboxylic acids is 1. The van der Waals surface area contributed by atoms with Crippen molar-refractivity contribution >= 4 is 39.1 Å². The molecule has 9 nitrogen and oxygen atoms in total. The Balaban J connectivity index is 1.97. The van der Waals surface area contributed by atoms with Gasteiger partial charge in [-0.05, 0) is 25.6 Å². The fourth-order valence-corrected chi connectivity index (χ4v) is 4.36. The van der Waals surface area contributed by atoms with Gasteiger partial charge in [0.15, 0.2) is 14.9 Å². The lowest BCUT2D eigenvalue weighted by Crippen LogP contribution is -2.48. The van der Waals surface area contributed by atoms with Crippen LogP contribution in [0.25, 0.3) is 0 Å². The van der Waals surface area contributed by atoms with Crippen molar-refractivity contribution in [2.24, 2.45) is 0 Å². The van der Waals surface area contributed by atoms with Gasteiger partial charge in [-0.15, -0.1) is 5.10 Å². The van der Waals surface area contributed by atoms with Crippen LogP contribution in [0.1, 0.15) is 24.0 Å². The largest absolute Gasteiger partial charge is 0.475 e. The summed E-state index contributed by atoms with van der Waals surface area (Å²) in [4.78, 5) is 14.3. The van der Waals surface area contributed by atoms with Crippen molar-refractivity contribution in [3.8, 4) is 0 Å². The number of nitrogens with zero attached hydrogens (tertiary/aromatic N) is 2. The van der Waals surface area contributed by atoms with Crippen LogP contribution in [0.4, 0.5) is 5.95 Å². The summed E-state index contributed by atoms with van der Waals surface area (Å²) in [5.74, 6) is -1.44. The number of aromatic amines is 1. The van der Waals surface area contributed by atoms with Crippen molar-refractivity contribution in [2.75, 3.05) is 16.8 Å². The topological polar surface area (TPSA) is 137 Å². The van der Waals surface area contributed by atoms with Crippen LogP contribution in [0, 0.1) is 0 Å².